The molecule has 6 heteroatoms. The fourth-order valence-corrected chi connectivity index (χ4v) is 1.83. The number of amides is 2. The zero-order chi connectivity index (χ0) is 13.9. The molecule has 1 fully saturated rings. The highest BCUT2D eigenvalue weighted by Gasteiger charge is 2.22. The zero-order valence-corrected chi connectivity index (χ0v) is 11.2. The third kappa shape index (κ3) is 3.14. The highest BCUT2D eigenvalue weighted by Crippen LogP contribution is 2.18. The van der Waals surface area contributed by atoms with Crippen LogP contribution in [-0.4, -0.2) is 22.2 Å². The van der Waals surface area contributed by atoms with E-state index in [1.165, 1.54) is 0 Å². The van der Waals surface area contributed by atoms with Crippen molar-refractivity contribution in [1.29, 1.82) is 0 Å². The van der Waals surface area contributed by atoms with Crippen LogP contribution in [0.4, 0.5) is 4.79 Å². The van der Waals surface area contributed by atoms with Crippen LogP contribution in [0.2, 0.25) is 0 Å². The van der Waals surface area contributed by atoms with E-state index in [1.54, 1.807) is 6.92 Å². The molecular weight excluding hydrogens is 256 g/mol. The molecule has 0 bridgehead atoms. The first-order chi connectivity index (χ1) is 9.70. The quantitative estimate of drug-likeness (QED) is 0.892. The van der Waals surface area contributed by atoms with Crippen LogP contribution in [0.15, 0.2) is 28.8 Å². The van der Waals surface area contributed by atoms with E-state index in [4.69, 9.17) is 4.52 Å². The number of urea groups is 1. The van der Waals surface area contributed by atoms with Gasteiger partial charge in [0.1, 0.15) is 0 Å². The van der Waals surface area contributed by atoms with Crippen molar-refractivity contribution < 1.29 is 9.32 Å². The summed E-state index contributed by atoms with van der Waals surface area (Å²) in [5, 5.41) is 9.58. The summed E-state index contributed by atoms with van der Waals surface area (Å²) in [7, 11) is 0. The summed E-state index contributed by atoms with van der Waals surface area (Å²) >= 11 is 0. The van der Waals surface area contributed by atoms with E-state index in [2.05, 4.69) is 20.8 Å². The van der Waals surface area contributed by atoms with Gasteiger partial charge in [-0.05, 0) is 18.4 Å². The Hall–Kier alpha value is -2.37. The van der Waals surface area contributed by atoms with Gasteiger partial charge in [-0.25, -0.2) is 4.79 Å². The lowest BCUT2D eigenvalue weighted by Gasteiger charge is -2.06. The number of nitrogens with zero attached hydrogens (tertiary/aromatic N) is 2. The van der Waals surface area contributed by atoms with Crippen molar-refractivity contribution in [3.05, 3.63) is 35.7 Å². The normalized spacial score (nSPS) is 14.1. The van der Waals surface area contributed by atoms with Gasteiger partial charge in [-0.2, -0.15) is 4.98 Å². The van der Waals surface area contributed by atoms with Crippen LogP contribution in [0.1, 0.15) is 24.3 Å². The maximum Gasteiger partial charge on any atom is 0.315 e. The first-order valence-electron chi connectivity index (χ1n) is 6.65. The minimum atomic E-state index is -0.106. The van der Waals surface area contributed by atoms with Crippen LogP contribution >= 0.6 is 0 Å². The first-order valence-corrected chi connectivity index (χ1v) is 6.65. The molecule has 6 nitrogen and oxygen atoms in total. The van der Waals surface area contributed by atoms with Crippen LogP contribution in [-0.2, 0) is 6.54 Å². The van der Waals surface area contributed by atoms with E-state index in [0.717, 1.165) is 24.0 Å². The van der Waals surface area contributed by atoms with E-state index in [0.29, 0.717) is 24.3 Å². The Labute approximate surface area is 116 Å². The molecule has 20 heavy (non-hydrogen) atoms. The fraction of sp³-hybridized carbons (Fsp3) is 0.357. The molecule has 0 radical (unpaired) electrons. The Balaban J connectivity index is 1.56. The summed E-state index contributed by atoms with van der Waals surface area (Å²) in [6.45, 7) is 2.26. The van der Waals surface area contributed by atoms with E-state index in [-0.39, 0.29) is 6.03 Å². The van der Waals surface area contributed by atoms with Gasteiger partial charge in [0.2, 0.25) is 11.7 Å². The first kappa shape index (κ1) is 12.7. The summed E-state index contributed by atoms with van der Waals surface area (Å²) in [6, 6.07) is 7.99. The summed E-state index contributed by atoms with van der Waals surface area (Å²) in [4.78, 5) is 15.7. The van der Waals surface area contributed by atoms with Crippen molar-refractivity contribution in [3.63, 3.8) is 0 Å². The van der Waals surface area contributed by atoms with Crippen molar-refractivity contribution >= 4 is 6.03 Å². The Bertz CT molecular complexity index is 602. The van der Waals surface area contributed by atoms with Crippen molar-refractivity contribution in [3.8, 4) is 11.4 Å². The topological polar surface area (TPSA) is 80.0 Å². The molecule has 1 heterocycles. The van der Waals surface area contributed by atoms with Gasteiger partial charge in [0.25, 0.3) is 0 Å². The maximum atomic E-state index is 11.5. The Morgan fingerprint density at radius 3 is 2.70 bits per heavy atom. The highest BCUT2D eigenvalue weighted by molar-refractivity contribution is 5.74. The molecule has 0 aliphatic heterocycles. The second-order valence-electron chi connectivity index (χ2n) is 4.94. The summed E-state index contributed by atoms with van der Waals surface area (Å²) in [6.07, 6.45) is 2.18. The van der Waals surface area contributed by atoms with Gasteiger partial charge in [0.15, 0.2) is 0 Å². The van der Waals surface area contributed by atoms with Gasteiger partial charge >= 0.3 is 6.03 Å². The van der Waals surface area contributed by atoms with Crippen molar-refractivity contribution in [1.82, 2.24) is 20.8 Å². The van der Waals surface area contributed by atoms with Crippen LogP contribution in [0.25, 0.3) is 11.4 Å². The minimum absolute atomic E-state index is 0.106. The van der Waals surface area contributed by atoms with Crippen LogP contribution in [0.3, 0.4) is 0 Å². The zero-order valence-electron chi connectivity index (χ0n) is 11.2. The van der Waals surface area contributed by atoms with Crippen LogP contribution in [0, 0.1) is 6.92 Å². The number of carbonyl (C=O) groups excluding carboxylic acids is 1. The number of hydrogen-bond donors (Lipinski definition) is 2. The molecule has 2 N–H and O–H groups in total. The van der Waals surface area contributed by atoms with Gasteiger partial charge in [0, 0.05) is 25.1 Å². The predicted molar refractivity (Wildman–Crippen MR) is 72.9 cm³/mol. The molecule has 1 aromatic heterocycles. The predicted octanol–water partition coefficient (Wildman–Crippen LogP) is 2.01. The van der Waals surface area contributed by atoms with Gasteiger partial charge in [-0.1, -0.05) is 29.4 Å². The number of rotatable bonds is 4. The maximum absolute atomic E-state index is 11.5. The summed E-state index contributed by atoms with van der Waals surface area (Å²) < 4.78 is 4.94. The smallest absolute Gasteiger partial charge is 0.315 e. The highest BCUT2D eigenvalue weighted by atomic mass is 16.5. The standard InChI is InChI=1S/C14H16N4O2/c1-9-16-13(18-20-9)11-4-2-10(3-5-11)8-15-14(19)17-12-6-7-12/h2-5,12H,6-8H2,1H3,(H2,15,17,19). The molecule has 0 atom stereocenters. The molecule has 1 aromatic carbocycles. The van der Waals surface area contributed by atoms with Gasteiger partial charge in [0.05, 0.1) is 0 Å². The largest absolute Gasteiger partial charge is 0.339 e. The molecule has 1 aliphatic rings. The SMILES string of the molecule is Cc1nc(-c2ccc(CNC(=O)NC3CC3)cc2)no1. The molecule has 2 amide bonds. The van der Waals surface area contributed by atoms with Gasteiger partial charge < -0.3 is 15.2 Å². The fourth-order valence-electron chi connectivity index (χ4n) is 1.83. The molecule has 0 unspecified atom stereocenters. The number of hydrogen-bond acceptors (Lipinski definition) is 4. The number of aromatic nitrogens is 2. The van der Waals surface area contributed by atoms with Gasteiger partial charge in [-0.3, -0.25) is 0 Å². The molecule has 104 valence electrons. The number of nitrogens with one attached hydrogen (secondary N) is 2. The van der Waals surface area contributed by atoms with Gasteiger partial charge in [-0.15, -0.1) is 0 Å². The minimum Gasteiger partial charge on any atom is -0.339 e. The summed E-state index contributed by atoms with van der Waals surface area (Å²) in [5.74, 6) is 1.12. The van der Waals surface area contributed by atoms with Crippen molar-refractivity contribution in [2.75, 3.05) is 0 Å². The van der Waals surface area contributed by atoms with E-state index < -0.39 is 0 Å². The number of aryl methyl sites for hydroxylation is 1. The average molecular weight is 272 g/mol. The van der Waals surface area contributed by atoms with E-state index >= 15 is 0 Å². The third-order valence-electron chi connectivity index (χ3n) is 3.11. The lowest BCUT2D eigenvalue weighted by atomic mass is 10.1. The van der Waals surface area contributed by atoms with Crippen LogP contribution < -0.4 is 10.6 Å². The summed E-state index contributed by atoms with van der Waals surface area (Å²) in [5.41, 5.74) is 1.92. The Morgan fingerprint density at radius 2 is 2.10 bits per heavy atom. The average Bonchev–Trinajstić information content (AvgIpc) is 3.16. The molecule has 0 spiro atoms. The number of benzene rings is 1. The lowest BCUT2D eigenvalue weighted by Crippen LogP contribution is -2.36. The van der Waals surface area contributed by atoms with Crippen molar-refractivity contribution in [2.24, 2.45) is 0 Å². The lowest BCUT2D eigenvalue weighted by molar-refractivity contribution is 0.240. The second kappa shape index (κ2) is 5.32. The van der Waals surface area contributed by atoms with E-state index in [9.17, 15) is 4.79 Å². The van der Waals surface area contributed by atoms with E-state index in [1.807, 2.05) is 24.3 Å². The number of carbonyl (C=O) groups is 1. The molecule has 1 aliphatic carbocycles. The molecular formula is C14H16N4O2. The van der Waals surface area contributed by atoms with Crippen LogP contribution in [0.5, 0.6) is 0 Å². The Morgan fingerprint density at radius 1 is 1.35 bits per heavy atom. The molecule has 2 aromatic rings. The monoisotopic (exact) mass is 272 g/mol. The second-order valence-corrected chi connectivity index (χ2v) is 4.94. The molecule has 0 saturated heterocycles. The molecule has 1 saturated carbocycles. The third-order valence-corrected chi connectivity index (χ3v) is 3.11. The van der Waals surface area contributed by atoms with Crippen molar-refractivity contribution in [2.45, 2.75) is 32.4 Å². The molecule has 3 rings (SSSR count). The Kier molecular flexibility index (Phi) is 3.37.